The molecular weight excluding hydrogens is 422 g/mol. The second kappa shape index (κ2) is 9.91. The Morgan fingerprint density at radius 2 is 2.00 bits per heavy atom. The molecule has 0 unspecified atom stereocenters. The van der Waals surface area contributed by atoms with Crippen molar-refractivity contribution < 1.29 is 9.59 Å². The lowest BCUT2D eigenvalue weighted by Crippen LogP contribution is -2.47. The first-order valence-electron chi connectivity index (χ1n) is 10.6. The molecule has 32 heavy (non-hydrogen) atoms. The molecule has 1 saturated heterocycles. The first-order chi connectivity index (χ1) is 15.5. The summed E-state index contributed by atoms with van der Waals surface area (Å²) in [5, 5.41) is 6.60. The van der Waals surface area contributed by atoms with Crippen LogP contribution in [0.3, 0.4) is 0 Å². The number of imidazole rings is 1. The summed E-state index contributed by atoms with van der Waals surface area (Å²) in [4.78, 5) is 30.4. The minimum atomic E-state index is -0.0395. The Labute approximate surface area is 192 Å². The number of benzene rings is 2. The molecule has 7 nitrogen and oxygen atoms in total. The molecule has 0 radical (unpaired) electrons. The molecule has 1 aliphatic rings. The van der Waals surface area contributed by atoms with E-state index in [2.05, 4.69) is 52.6 Å². The number of nitrogens with zero attached hydrogens (tertiary/aromatic N) is 3. The molecule has 166 valence electrons. The third kappa shape index (κ3) is 5.31. The van der Waals surface area contributed by atoms with Crippen LogP contribution >= 0.6 is 11.8 Å². The Hall–Kier alpha value is -3.26. The lowest BCUT2D eigenvalue weighted by atomic mass is 10.1. The van der Waals surface area contributed by atoms with E-state index in [-0.39, 0.29) is 11.8 Å². The minimum absolute atomic E-state index is 0.0395. The smallest absolute Gasteiger partial charge is 0.239 e. The molecule has 2 aromatic carbocycles. The lowest BCUT2D eigenvalue weighted by molar-refractivity contribution is -0.120. The van der Waals surface area contributed by atoms with Crippen molar-refractivity contribution in [2.75, 3.05) is 30.3 Å². The average molecular weight is 450 g/mol. The molecule has 0 atom stereocenters. The van der Waals surface area contributed by atoms with Crippen molar-refractivity contribution in [1.29, 1.82) is 0 Å². The third-order valence-corrected chi connectivity index (χ3v) is 6.36. The van der Waals surface area contributed by atoms with Gasteiger partial charge < -0.3 is 15.5 Å². The van der Waals surface area contributed by atoms with E-state index in [0.717, 1.165) is 34.2 Å². The molecule has 1 fully saturated rings. The SMILES string of the molecule is Cc1ccc(C)c(-n2ccnc2SCC(=O)NCc2ccc(N3CCNC(=O)C3)cc2)c1. The first-order valence-corrected chi connectivity index (χ1v) is 11.6. The van der Waals surface area contributed by atoms with Crippen molar-refractivity contribution in [1.82, 2.24) is 20.2 Å². The maximum atomic E-state index is 12.4. The number of amides is 2. The van der Waals surface area contributed by atoms with Crippen LogP contribution in [0, 0.1) is 13.8 Å². The molecule has 0 aliphatic carbocycles. The van der Waals surface area contributed by atoms with Crippen molar-refractivity contribution >= 4 is 29.3 Å². The highest BCUT2D eigenvalue weighted by Crippen LogP contribution is 2.23. The lowest BCUT2D eigenvalue weighted by Gasteiger charge is -2.28. The van der Waals surface area contributed by atoms with Gasteiger partial charge in [0, 0.05) is 37.7 Å². The van der Waals surface area contributed by atoms with E-state index in [1.165, 1.54) is 17.3 Å². The highest BCUT2D eigenvalue weighted by molar-refractivity contribution is 7.99. The van der Waals surface area contributed by atoms with Crippen molar-refractivity contribution in [3.05, 3.63) is 71.5 Å². The largest absolute Gasteiger partial charge is 0.360 e. The van der Waals surface area contributed by atoms with Crippen LogP contribution in [-0.2, 0) is 16.1 Å². The number of hydrogen-bond donors (Lipinski definition) is 2. The quantitative estimate of drug-likeness (QED) is 0.543. The van der Waals surface area contributed by atoms with Gasteiger partial charge in [-0.15, -0.1) is 0 Å². The molecule has 0 bridgehead atoms. The van der Waals surface area contributed by atoms with Crippen molar-refractivity contribution in [3.63, 3.8) is 0 Å². The molecule has 2 amide bonds. The first kappa shape index (κ1) is 22.0. The summed E-state index contributed by atoms with van der Waals surface area (Å²) < 4.78 is 2.03. The van der Waals surface area contributed by atoms with E-state index < -0.39 is 0 Å². The molecule has 8 heteroatoms. The Balaban J connectivity index is 1.29. The van der Waals surface area contributed by atoms with Crippen LogP contribution in [-0.4, -0.2) is 46.8 Å². The van der Waals surface area contributed by atoms with Gasteiger partial charge in [0.1, 0.15) is 0 Å². The third-order valence-electron chi connectivity index (χ3n) is 5.39. The van der Waals surface area contributed by atoms with Gasteiger partial charge >= 0.3 is 0 Å². The van der Waals surface area contributed by atoms with E-state index in [0.29, 0.717) is 25.4 Å². The normalized spacial score (nSPS) is 13.7. The van der Waals surface area contributed by atoms with Crippen molar-refractivity contribution in [2.24, 2.45) is 0 Å². The van der Waals surface area contributed by atoms with Gasteiger partial charge in [0.25, 0.3) is 0 Å². The highest BCUT2D eigenvalue weighted by Gasteiger charge is 2.16. The fraction of sp³-hybridized carbons (Fsp3) is 0.292. The predicted octanol–water partition coefficient (Wildman–Crippen LogP) is 2.83. The monoisotopic (exact) mass is 449 g/mol. The number of hydrogen-bond acceptors (Lipinski definition) is 5. The fourth-order valence-corrected chi connectivity index (χ4v) is 4.42. The van der Waals surface area contributed by atoms with Crippen LogP contribution in [0.25, 0.3) is 5.69 Å². The van der Waals surface area contributed by atoms with Crippen LogP contribution in [0.15, 0.2) is 60.0 Å². The number of carbonyl (C=O) groups excluding carboxylic acids is 2. The molecule has 0 saturated carbocycles. The summed E-state index contributed by atoms with van der Waals surface area (Å²) >= 11 is 1.42. The predicted molar refractivity (Wildman–Crippen MR) is 127 cm³/mol. The number of anilines is 1. The molecule has 1 aromatic heterocycles. The van der Waals surface area contributed by atoms with E-state index in [1.54, 1.807) is 6.20 Å². The number of piperazine rings is 1. The van der Waals surface area contributed by atoms with Gasteiger partial charge in [0.2, 0.25) is 11.8 Å². The molecule has 2 heterocycles. The van der Waals surface area contributed by atoms with Crippen LogP contribution in [0.2, 0.25) is 0 Å². The van der Waals surface area contributed by atoms with E-state index in [4.69, 9.17) is 0 Å². The van der Waals surface area contributed by atoms with Gasteiger partial charge in [0.05, 0.1) is 18.0 Å². The van der Waals surface area contributed by atoms with E-state index in [1.807, 2.05) is 35.0 Å². The van der Waals surface area contributed by atoms with Crippen LogP contribution in [0.5, 0.6) is 0 Å². The molecule has 2 N–H and O–H groups in total. The van der Waals surface area contributed by atoms with Crippen LogP contribution < -0.4 is 15.5 Å². The number of rotatable bonds is 7. The standard InChI is InChI=1S/C24H27N5O2S/c1-17-3-4-18(2)21(13-17)29-12-10-26-24(29)32-16-23(31)27-14-19-5-7-20(8-6-19)28-11-9-25-22(30)15-28/h3-8,10,12-13H,9,11,14-16H2,1-2H3,(H,25,30)(H,27,31). The summed E-state index contributed by atoms with van der Waals surface area (Å²) in [5.74, 6) is 0.300. The topological polar surface area (TPSA) is 79.3 Å². The number of aromatic nitrogens is 2. The van der Waals surface area contributed by atoms with E-state index in [9.17, 15) is 9.59 Å². The van der Waals surface area contributed by atoms with Crippen molar-refractivity contribution in [3.8, 4) is 5.69 Å². The van der Waals surface area contributed by atoms with Gasteiger partial charge in [-0.25, -0.2) is 4.98 Å². The van der Waals surface area contributed by atoms with Gasteiger partial charge in [-0.1, -0.05) is 36.0 Å². The molecule has 1 aliphatic heterocycles. The molecular formula is C24H27N5O2S. The van der Waals surface area contributed by atoms with E-state index >= 15 is 0 Å². The second-order valence-electron chi connectivity index (χ2n) is 7.87. The zero-order chi connectivity index (χ0) is 22.5. The summed E-state index contributed by atoms with van der Waals surface area (Å²) in [6.07, 6.45) is 3.69. The van der Waals surface area contributed by atoms with Gasteiger partial charge in [-0.2, -0.15) is 0 Å². The van der Waals surface area contributed by atoms with Gasteiger partial charge in [-0.05, 0) is 48.7 Å². The number of thioether (sulfide) groups is 1. The summed E-state index contributed by atoms with van der Waals surface area (Å²) in [7, 11) is 0. The zero-order valence-corrected chi connectivity index (χ0v) is 19.1. The molecule has 4 rings (SSSR count). The Bertz CT molecular complexity index is 1110. The van der Waals surface area contributed by atoms with Crippen LogP contribution in [0.4, 0.5) is 5.69 Å². The number of aryl methyl sites for hydroxylation is 2. The van der Waals surface area contributed by atoms with Crippen LogP contribution in [0.1, 0.15) is 16.7 Å². The summed E-state index contributed by atoms with van der Waals surface area (Å²) in [6.45, 7) is 6.45. The maximum absolute atomic E-state index is 12.4. The molecule has 3 aromatic rings. The fourth-order valence-electron chi connectivity index (χ4n) is 3.62. The summed E-state index contributed by atoms with van der Waals surface area (Å²) in [5.41, 5.74) is 5.46. The van der Waals surface area contributed by atoms with Gasteiger partial charge in [-0.3, -0.25) is 14.2 Å². The molecule has 0 spiro atoms. The summed E-state index contributed by atoms with van der Waals surface area (Å²) in [6, 6.07) is 14.3. The number of nitrogens with one attached hydrogen (secondary N) is 2. The average Bonchev–Trinajstić information content (AvgIpc) is 3.26. The Morgan fingerprint density at radius 1 is 1.19 bits per heavy atom. The zero-order valence-electron chi connectivity index (χ0n) is 18.3. The maximum Gasteiger partial charge on any atom is 0.239 e. The Kier molecular flexibility index (Phi) is 6.80. The highest BCUT2D eigenvalue weighted by atomic mass is 32.2. The second-order valence-corrected chi connectivity index (χ2v) is 8.82. The van der Waals surface area contributed by atoms with Gasteiger partial charge in [0.15, 0.2) is 5.16 Å². The minimum Gasteiger partial charge on any atom is -0.360 e. The number of carbonyl (C=O) groups is 2. The van der Waals surface area contributed by atoms with Crippen molar-refractivity contribution in [2.45, 2.75) is 25.5 Å². The Morgan fingerprint density at radius 3 is 2.78 bits per heavy atom.